The summed E-state index contributed by atoms with van der Waals surface area (Å²) >= 11 is 11.9. The molecule has 0 spiro atoms. The first kappa shape index (κ1) is 15.2. The molecule has 1 aromatic carbocycles. The third-order valence-corrected chi connectivity index (χ3v) is 2.98. The number of rotatable bonds is 5. The van der Waals surface area contributed by atoms with E-state index in [9.17, 15) is 4.79 Å². The Morgan fingerprint density at radius 1 is 1.33 bits per heavy atom. The minimum absolute atomic E-state index is 0.0624. The van der Waals surface area contributed by atoms with Crippen LogP contribution < -0.4 is 10.6 Å². The second kappa shape index (κ2) is 6.38. The van der Waals surface area contributed by atoms with Crippen LogP contribution >= 0.6 is 23.2 Å². The Kier molecular flexibility index (Phi) is 5.41. The molecule has 0 unspecified atom stereocenters. The maximum Gasteiger partial charge on any atom is 0.238 e. The zero-order chi connectivity index (χ0) is 13.8. The van der Waals surface area contributed by atoms with Crippen LogP contribution in [0.15, 0.2) is 18.2 Å². The zero-order valence-corrected chi connectivity index (χ0v) is 11.8. The van der Waals surface area contributed by atoms with E-state index in [1.807, 2.05) is 0 Å². The van der Waals surface area contributed by atoms with Gasteiger partial charge in [-0.2, -0.15) is 0 Å². The fourth-order valence-corrected chi connectivity index (χ4v) is 1.67. The number of carbonyl (C=O) groups is 1. The average Bonchev–Trinajstić information content (AvgIpc) is 2.32. The van der Waals surface area contributed by atoms with E-state index in [0.717, 1.165) is 0 Å². The van der Waals surface area contributed by atoms with E-state index in [2.05, 4.69) is 10.6 Å². The molecule has 0 atom stereocenters. The second-order valence-corrected chi connectivity index (χ2v) is 5.35. The number of nitrogens with one attached hydrogen (secondary N) is 2. The average molecular weight is 291 g/mol. The van der Waals surface area contributed by atoms with Crippen LogP contribution in [0.3, 0.4) is 0 Å². The number of carbonyl (C=O) groups excluding carboxylic acids is 1. The number of aliphatic hydroxyl groups excluding tert-OH is 1. The highest BCUT2D eigenvalue weighted by Crippen LogP contribution is 2.29. The minimum Gasteiger partial charge on any atom is -0.394 e. The molecule has 0 saturated carbocycles. The highest BCUT2D eigenvalue weighted by molar-refractivity contribution is 6.39. The van der Waals surface area contributed by atoms with Gasteiger partial charge in [-0.25, -0.2) is 0 Å². The van der Waals surface area contributed by atoms with Crippen LogP contribution in [-0.4, -0.2) is 29.7 Å². The summed E-state index contributed by atoms with van der Waals surface area (Å²) in [5, 5.41) is 15.4. The molecule has 6 heteroatoms. The number of hydrogen-bond acceptors (Lipinski definition) is 3. The van der Waals surface area contributed by atoms with E-state index in [-0.39, 0.29) is 19.1 Å². The lowest BCUT2D eigenvalue weighted by atomic mass is 10.1. The number of aliphatic hydroxyl groups is 1. The number of amides is 1. The van der Waals surface area contributed by atoms with Gasteiger partial charge < -0.3 is 15.7 Å². The van der Waals surface area contributed by atoms with Crippen molar-refractivity contribution < 1.29 is 9.90 Å². The van der Waals surface area contributed by atoms with E-state index < -0.39 is 5.54 Å². The molecule has 0 radical (unpaired) electrons. The number of para-hydroxylation sites is 1. The van der Waals surface area contributed by atoms with E-state index in [0.29, 0.717) is 15.7 Å². The molecule has 0 aliphatic rings. The summed E-state index contributed by atoms with van der Waals surface area (Å²) in [6.07, 6.45) is 0. The Labute approximate surface area is 116 Å². The first-order valence-corrected chi connectivity index (χ1v) is 6.21. The molecular weight excluding hydrogens is 275 g/mol. The predicted molar refractivity (Wildman–Crippen MR) is 74.3 cm³/mol. The predicted octanol–water partition coefficient (Wildman–Crippen LogP) is 2.29. The molecule has 0 aromatic heterocycles. The highest BCUT2D eigenvalue weighted by atomic mass is 35.5. The van der Waals surface area contributed by atoms with Crippen molar-refractivity contribution in [2.45, 2.75) is 19.4 Å². The van der Waals surface area contributed by atoms with Crippen molar-refractivity contribution in [3.63, 3.8) is 0 Å². The maximum absolute atomic E-state index is 11.7. The highest BCUT2D eigenvalue weighted by Gasteiger charge is 2.17. The second-order valence-electron chi connectivity index (χ2n) is 4.54. The van der Waals surface area contributed by atoms with Crippen LogP contribution in [0.5, 0.6) is 0 Å². The van der Waals surface area contributed by atoms with Crippen LogP contribution in [0.25, 0.3) is 0 Å². The molecular formula is C12H16Cl2N2O2. The van der Waals surface area contributed by atoms with Crippen LogP contribution in [0.4, 0.5) is 5.69 Å². The standard InChI is InChI=1S/C12H16Cl2N2O2/c1-12(2,7-17)15-6-10(18)16-11-8(13)4-3-5-9(11)14/h3-5,15,17H,6-7H2,1-2H3,(H,16,18). The van der Waals surface area contributed by atoms with Crippen LogP contribution in [0.1, 0.15) is 13.8 Å². The molecule has 0 saturated heterocycles. The molecule has 4 nitrogen and oxygen atoms in total. The molecule has 1 rings (SSSR count). The van der Waals surface area contributed by atoms with Gasteiger partial charge in [0.15, 0.2) is 0 Å². The van der Waals surface area contributed by atoms with E-state index in [1.54, 1.807) is 32.0 Å². The van der Waals surface area contributed by atoms with Gasteiger partial charge in [0.2, 0.25) is 5.91 Å². The van der Waals surface area contributed by atoms with Gasteiger partial charge in [-0.3, -0.25) is 4.79 Å². The smallest absolute Gasteiger partial charge is 0.238 e. The van der Waals surface area contributed by atoms with Crippen molar-refractivity contribution >= 4 is 34.8 Å². The fraction of sp³-hybridized carbons (Fsp3) is 0.417. The van der Waals surface area contributed by atoms with Crippen molar-refractivity contribution in [1.29, 1.82) is 0 Å². The summed E-state index contributed by atoms with van der Waals surface area (Å²) in [6.45, 7) is 3.59. The van der Waals surface area contributed by atoms with Gasteiger partial charge in [-0.15, -0.1) is 0 Å². The van der Waals surface area contributed by atoms with Gasteiger partial charge in [0.05, 0.1) is 28.9 Å². The monoisotopic (exact) mass is 290 g/mol. The van der Waals surface area contributed by atoms with Crippen LogP contribution in [-0.2, 0) is 4.79 Å². The van der Waals surface area contributed by atoms with E-state index in [1.165, 1.54) is 0 Å². The normalized spacial score (nSPS) is 11.4. The Hall–Kier alpha value is -0.810. The molecule has 0 bridgehead atoms. The lowest BCUT2D eigenvalue weighted by molar-refractivity contribution is -0.115. The van der Waals surface area contributed by atoms with Crippen molar-refractivity contribution in [2.24, 2.45) is 0 Å². The Bertz CT molecular complexity index is 416. The molecule has 0 heterocycles. The summed E-state index contributed by atoms with van der Waals surface area (Å²) in [6, 6.07) is 5.00. The molecule has 0 fully saturated rings. The van der Waals surface area contributed by atoms with Crippen LogP contribution in [0, 0.1) is 0 Å². The van der Waals surface area contributed by atoms with Crippen molar-refractivity contribution in [3.8, 4) is 0 Å². The molecule has 100 valence electrons. The zero-order valence-electron chi connectivity index (χ0n) is 10.3. The van der Waals surface area contributed by atoms with Gasteiger partial charge >= 0.3 is 0 Å². The number of hydrogen-bond donors (Lipinski definition) is 3. The topological polar surface area (TPSA) is 61.4 Å². The summed E-state index contributed by atoms with van der Waals surface area (Å²) < 4.78 is 0. The third-order valence-electron chi connectivity index (χ3n) is 2.35. The van der Waals surface area contributed by atoms with Crippen molar-refractivity contribution in [1.82, 2.24) is 5.32 Å². The number of halogens is 2. The molecule has 1 aromatic rings. The number of benzene rings is 1. The SMILES string of the molecule is CC(C)(CO)NCC(=O)Nc1c(Cl)cccc1Cl. The Balaban J connectivity index is 2.61. The van der Waals surface area contributed by atoms with E-state index in [4.69, 9.17) is 28.3 Å². The molecule has 0 aliphatic heterocycles. The number of anilines is 1. The quantitative estimate of drug-likeness (QED) is 0.780. The largest absolute Gasteiger partial charge is 0.394 e. The van der Waals surface area contributed by atoms with Gasteiger partial charge in [0.1, 0.15) is 0 Å². The van der Waals surface area contributed by atoms with Crippen molar-refractivity contribution in [2.75, 3.05) is 18.5 Å². The van der Waals surface area contributed by atoms with E-state index >= 15 is 0 Å². The molecule has 3 N–H and O–H groups in total. The maximum atomic E-state index is 11.7. The molecule has 0 aliphatic carbocycles. The van der Waals surface area contributed by atoms with Gasteiger partial charge in [-0.05, 0) is 26.0 Å². The summed E-state index contributed by atoms with van der Waals surface area (Å²) in [5.74, 6) is -0.272. The summed E-state index contributed by atoms with van der Waals surface area (Å²) in [4.78, 5) is 11.7. The van der Waals surface area contributed by atoms with Gasteiger partial charge in [0.25, 0.3) is 0 Å². The van der Waals surface area contributed by atoms with Crippen LogP contribution in [0.2, 0.25) is 10.0 Å². The van der Waals surface area contributed by atoms with Gasteiger partial charge in [0, 0.05) is 5.54 Å². The molecule has 1 amide bonds. The summed E-state index contributed by atoms with van der Waals surface area (Å²) in [7, 11) is 0. The first-order chi connectivity index (χ1) is 8.35. The minimum atomic E-state index is -0.512. The Morgan fingerprint density at radius 2 is 1.89 bits per heavy atom. The van der Waals surface area contributed by atoms with Gasteiger partial charge in [-0.1, -0.05) is 29.3 Å². The fourth-order valence-electron chi connectivity index (χ4n) is 1.18. The van der Waals surface area contributed by atoms with Crippen molar-refractivity contribution in [3.05, 3.63) is 28.2 Å². The summed E-state index contributed by atoms with van der Waals surface area (Å²) in [5.41, 5.74) is -0.115. The third kappa shape index (κ3) is 4.46. The lowest BCUT2D eigenvalue weighted by Crippen LogP contribution is -2.46. The first-order valence-electron chi connectivity index (χ1n) is 5.45. The molecule has 18 heavy (non-hydrogen) atoms. The Morgan fingerprint density at radius 3 is 2.39 bits per heavy atom. The lowest BCUT2D eigenvalue weighted by Gasteiger charge is -2.23.